The minimum absolute atomic E-state index is 0. The van der Waals surface area contributed by atoms with Crippen LogP contribution in [0.5, 0.6) is 0 Å². The zero-order chi connectivity index (χ0) is 16.2. The average Bonchev–Trinajstić information content (AvgIpc) is 2.93. The second kappa shape index (κ2) is 8.62. The molecule has 2 atom stereocenters. The highest BCUT2D eigenvalue weighted by Crippen LogP contribution is 2.23. The minimum atomic E-state index is -3.71. The molecule has 1 aromatic rings. The third kappa shape index (κ3) is 5.45. The van der Waals surface area contributed by atoms with E-state index in [-0.39, 0.29) is 41.7 Å². The van der Waals surface area contributed by atoms with Crippen LogP contribution in [0.4, 0.5) is 0 Å². The highest BCUT2D eigenvalue weighted by Gasteiger charge is 2.26. The summed E-state index contributed by atoms with van der Waals surface area (Å²) < 4.78 is 27.7. The van der Waals surface area contributed by atoms with Crippen LogP contribution in [-0.2, 0) is 21.9 Å². The van der Waals surface area contributed by atoms with Crippen molar-refractivity contribution in [3.63, 3.8) is 0 Å². The molecule has 0 bridgehead atoms. The third-order valence-electron chi connectivity index (χ3n) is 3.97. The summed E-state index contributed by atoms with van der Waals surface area (Å²) >= 11 is 0. The Morgan fingerprint density at radius 2 is 2.13 bits per heavy atom. The van der Waals surface area contributed by atoms with E-state index in [4.69, 9.17) is 5.73 Å². The molecule has 132 valence electrons. The summed E-state index contributed by atoms with van der Waals surface area (Å²) in [6.45, 7) is 0.247. The number of rotatable bonds is 6. The second-order valence-corrected chi connectivity index (χ2v) is 7.40. The van der Waals surface area contributed by atoms with Crippen molar-refractivity contribution in [1.82, 2.24) is 19.8 Å². The molecule has 10 heteroatoms. The Kier molecular flexibility index (Phi) is 7.46. The number of nitrogens with zero attached hydrogens (tertiary/aromatic N) is 2. The van der Waals surface area contributed by atoms with Gasteiger partial charge in [-0.05, 0) is 25.3 Å². The first-order valence-corrected chi connectivity index (χ1v) is 8.88. The van der Waals surface area contributed by atoms with E-state index in [1.807, 2.05) is 0 Å². The van der Waals surface area contributed by atoms with Crippen LogP contribution in [0.1, 0.15) is 25.7 Å². The number of aryl methyl sites for hydroxylation is 1. The number of hydrogen-bond donors (Lipinski definition) is 3. The molecule has 1 aromatic heterocycles. The molecular weight excluding hydrogens is 342 g/mol. The number of carbonyl (C=O) groups excluding carboxylic acids is 1. The summed E-state index contributed by atoms with van der Waals surface area (Å²) in [6, 6.07) is 0.0362. The fourth-order valence-electron chi connectivity index (χ4n) is 2.72. The summed E-state index contributed by atoms with van der Waals surface area (Å²) in [4.78, 5) is 12.0. The number of carbonyl (C=O) groups is 1. The summed E-state index contributed by atoms with van der Waals surface area (Å²) in [5.41, 5.74) is 5.72. The number of hydrogen-bond acceptors (Lipinski definition) is 5. The van der Waals surface area contributed by atoms with E-state index < -0.39 is 10.0 Å². The molecule has 1 amide bonds. The lowest BCUT2D eigenvalue weighted by atomic mass is 9.84. The lowest BCUT2D eigenvalue weighted by molar-refractivity contribution is -0.121. The molecule has 0 radical (unpaired) electrons. The predicted octanol–water partition coefficient (Wildman–Crippen LogP) is -0.246. The van der Waals surface area contributed by atoms with Crippen LogP contribution < -0.4 is 15.8 Å². The maximum atomic E-state index is 12.0. The maximum Gasteiger partial charge on any atom is 0.244 e. The van der Waals surface area contributed by atoms with Crippen molar-refractivity contribution in [2.45, 2.75) is 36.6 Å². The van der Waals surface area contributed by atoms with Gasteiger partial charge in [0.1, 0.15) is 4.90 Å². The van der Waals surface area contributed by atoms with Crippen LogP contribution in [-0.4, -0.2) is 43.2 Å². The first-order chi connectivity index (χ1) is 10.4. The third-order valence-corrected chi connectivity index (χ3v) is 5.33. The van der Waals surface area contributed by atoms with Crippen LogP contribution in [0.2, 0.25) is 0 Å². The van der Waals surface area contributed by atoms with E-state index in [1.165, 1.54) is 17.1 Å². The van der Waals surface area contributed by atoms with Gasteiger partial charge in [-0.1, -0.05) is 12.8 Å². The standard InChI is InChI=1S/C13H23N5O3S.ClH/c1-18-9-11(7-15-18)22(20,21)16-8-13(19)17-12-5-3-2-4-10(12)6-14;/h7,9-10,12,16H,2-6,8,14H2,1H3,(H,17,19);1H. The first-order valence-electron chi connectivity index (χ1n) is 7.40. The molecule has 0 aromatic carbocycles. The van der Waals surface area contributed by atoms with Gasteiger partial charge in [-0.3, -0.25) is 9.48 Å². The van der Waals surface area contributed by atoms with Crippen LogP contribution in [0, 0.1) is 5.92 Å². The van der Waals surface area contributed by atoms with E-state index in [0.717, 1.165) is 25.7 Å². The fourth-order valence-corrected chi connectivity index (χ4v) is 3.68. The molecule has 8 nitrogen and oxygen atoms in total. The normalized spacial score (nSPS) is 21.5. The van der Waals surface area contributed by atoms with Gasteiger partial charge in [-0.2, -0.15) is 5.10 Å². The highest BCUT2D eigenvalue weighted by atomic mass is 35.5. The van der Waals surface area contributed by atoms with Crippen molar-refractivity contribution < 1.29 is 13.2 Å². The molecule has 1 aliphatic carbocycles. The van der Waals surface area contributed by atoms with E-state index in [9.17, 15) is 13.2 Å². The zero-order valence-corrected chi connectivity index (χ0v) is 14.7. The number of halogens is 1. The molecule has 1 heterocycles. The van der Waals surface area contributed by atoms with Crippen LogP contribution in [0.3, 0.4) is 0 Å². The maximum absolute atomic E-state index is 12.0. The Morgan fingerprint density at radius 1 is 1.43 bits per heavy atom. The summed E-state index contributed by atoms with van der Waals surface area (Å²) in [6.07, 6.45) is 6.70. The van der Waals surface area contributed by atoms with E-state index in [0.29, 0.717) is 6.54 Å². The van der Waals surface area contributed by atoms with Crippen molar-refractivity contribution in [2.24, 2.45) is 18.7 Å². The number of nitrogens with two attached hydrogens (primary N) is 1. The Hall–Kier alpha value is -1.16. The van der Waals surface area contributed by atoms with E-state index in [1.54, 1.807) is 7.05 Å². The number of sulfonamides is 1. The average molecular weight is 366 g/mol. The van der Waals surface area contributed by atoms with Crippen molar-refractivity contribution in [1.29, 1.82) is 0 Å². The Labute approximate surface area is 142 Å². The van der Waals surface area contributed by atoms with Gasteiger partial charge in [0.25, 0.3) is 0 Å². The van der Waals surface area contributed by atoms with E-state index >= 15 is 0 Å². The van der Waals surface area contributed by atoms with Gasteiger partial charge in [-0.15, -0.1) is 12.4 Å². The van der Waals surface area contributed by atoms with E-state index in [2.05, 4.69) is 15.1 Å². The highest BCUT2D eigenvalue weighted by molar-refractivity contribution is 7.89. The molecule has 1 fully saturated rings. The Bertz CT molecular complexity index is 619. The van der Waals surface area contributed by atoms with Crippen molar-refractivity contribution in [3.05, 3.63) is 12.4 Å². The summed E-state index contributed by atoms with van der Waals surface area (Å²) in [7, 11) is -2.09. The number of amides is 1. The van der Waals surface area contributed by atoms with Crippen LogP contribution in [0.25, 0.3) is 0 Å². The molecule has 0 saturated heterocycles. The van der Waals surface area contributed by atoms with Gasteiger partial charge in [0.15, 0.2) is 0 Å². The quantitative estimate of drug-likeness (QED) is 0.642. The predicted molar refractivity (Wildman–Crippen MR) is 88.6 cm³/mol. The molecule has 0 aliphatic heterocycles. The zero-order valence-electron chi connectivity index (χ0n) is 13.1. The minimum Gasteiger partial charge on any atom is -0.352 e. The molecular formula is C13H24ClN5O3S. The molecule has 2 rings (SSSR count). The van der Waals surface area contributed by atoms with Crippen LogP contribution in [0.15, 0.2) is 17.3 Å². The largest absolute Gasteiger partial charge is 0.352 e. The molecule has 23 heavy (non-hydrogen) atoms. The summed E-state index contributed by atoms with van der Waals surface area (Å²) in [5.74, 6) is -0.0644. The van der Waals surface area contributed by atoms with Gasteiger partial charge in [-0.25, -0.2) is 13.1 Å². The molecule has 1 aliphatic rings. The lowest BCUT2D eigenvalue weighted by Gasteiger charge is -2.31. The van der Waals surface area contributed by atoms with Crippen molar-refractivity contribution in [2.75, 3.05) is 13.1 Å². The fraction of sp³-hybridized carbons (Fsp3) is 0.692. The Morgan fingerprint density at radius 3 is 2.74 bits per heavy atom. The van der Waals surface area contributed by atoms with Gasteiger partial charge < -0.3 is 11.1 Å². The number of nitrogens with one attached hydrogen (secondary N) is 2. The molecule has 1 saturated carbocycles. The van der Waals surface area contributed by atoms with Crippen molar-refractivity contribution in [3.8, 4) is 0 Å². The molecule has 4 N–H and O–H groups in total. The van der Waals surface area contributed by atoms with Crippen LogP contribution >= 0.6 is 12.4 Å². The second-order valence-electron chi connectivity index (χ2n) is 5.63. The SMILES string of the molecule is Cl.Cn1cc(S(=O)(=O)NCC(=O)NC2CCCCC2CN)cn1. The summed E-state index contributed by atoms with van der Waals surface area (Å²) in [5, 5.41) is 6.69. The lowest BCUT2D eigenvalue weighted by Crippen LogP contribution is -2.47. The Balaban J connectivity index is 0.00000264. The van der Waals surface area contributed by atoms with Gasteiger partial charge in [0.2, 0.25) is 15.9 Å². The van der Waals surface area contributed by atoms with Gasteiger partial charge in [0, 0.05) is 19.3 Å². The molecule has 2 unspecified atom stereocenters. The topological polar surface area (TPSA) is 119 Å². The van der Waals surface area contributed by atoms with Crippen molar-refractivity contribution >= 4 is 28.3 Å². The first kappa shape index (κ1) is 19.9. The molecule has 0 spiro atoms. The number of aromatic nitrogens is 2. The van der Waals surface area contributed by atoms with Gasteiger partial charge in [0.05, 0.1) is 12.7 Å². The monoisotopic (exact) mass is 365 g/mol. The van der Waals surface area contributed by atoms with Gasteiger partial charge >= 0.3 is 0 Å². The smallest absolute Gasteiger partial charge is 0.244 e.